The lowest BCUT2D eigenvalue weighted by molar-refractivity contribution is -0.124. The van der Waals surface area contributed by atoms with Crippen molar-refractivity contribution in [2.45, 2.75) is 27.2 Å². The molecule has 0 spiro atoms. The number of anilines is 1. The third-order valence-electron chi connectivity index (χ3n) is 3.58. The molecule has 1 aromatic rings. The maximum Gasteiger partial charge on any atom is 0.240 e. The van der Waals surface area contributed by atoms with E-state index in [1.807, 2.05) is 38.1 Å². The zero-order chi connectivity index (χ0) is 14.6. The second-order valence-corrected chi connectivity index (χ2v) is 4.87. The van der Waals surface area contributed by atoms with E-state index in [0.717, 1.165) is 11.3 Å². The number of oxime groups is 1. The Labute approximate surface area is 113 Å². The number of nitrogens with zero attached hydrogens (tertiary/aromatic N) is 2. The van der Waals surface area contributed by atoms with Crippen LogP contribution in [-0.4, -0.2) is 24.0 Å². The first-order valence-electron chi connectivity index (χ1n) is 6.19. The molecule has 1 amide bonds. The summed E-state index contributed by atoms with van der Waals surface area (Å²) in [6.45, 7) is 5.49. The van der Waals surface area contributed by atoms with Crippen LogP contribution in [-0.2, 0) is 4.79 Å². The molecule has 0 aromatic heterocycles. The highest BCUT2D eigenvalue weighted by Crippen LogP contribution is 2.27. The van der Waals surface area contributed by atoms with Crippen molar-refractivity contribution in [3.63, 3.8) is 0 Å². The lowest BCUT2D eigenvalue weighted by Gasteiger charge is -2.30. The molecule has 104 valence electrons. The number of amides is 1. The van der Waals surface area contributed by atoms with Crippen LogP contribution < -0.4 is 10.6 Å². The van der Waals surface area contributed by atoms with Crippen LogP contribution in [0.3, 0.4) is 0 Å². The van der Waals surface area contributed by atoms with Gasteiger partial charge in [-0.05, 0) is 32.4 Å². The zero-order valence-corrected chi connectivity index (χ0v) is 11.8. The number of aryl methyl sites for hydroxylation is 1. The van der Waals surface area contributed by atoms with Crippen LogP contribution in [0.15, 0.2) is 29.4 Å². The first kappa shape index (κ1) is 15.0. The quantitative estimate of drug-likeness (QED) is 0.378. The van der Waals surface area contributed by atoms with Crippen molar-refractivity contribution >= 4 is 17.4 Å². The van der Waals surface area contributed by atoms with Gasteiger partial charge in [0.1, 0.15) is 5.41 Å². The van der Waals surface area contributed by atoms with E-state index in [0.29, 0.717) is 6.42 Å². The summed E-state index contributed by atoms with van der Waals surface area (Å²) in [5, 5.41) is 11.8. The maximum absolute atomic E-state index is 12.5. The molecular weight excluding hydrogens is 242 g/mol. The molecule has 19 heavy (non-hydrogen) atoms. The first-order chi connectivity index (χ1) is 8.86. The second kappa shape index (κ2) is 5.73. The topological polar surface area (TPSA) is 78.9 Å². The third-order valence-corrected chi connectivity index (χ3v) is 3.58. The van der Waals surface area contributed by atoms with Gasteiger partial charge in [0, 0.05) is 12.7 Å². The summed E-state index contributed by atoms with van der Waals surface area (Å²) in [4.78, 5) is 14.1. The number of hydrogen-bond acceptors (Lipinski definition) is 3. The van der Waals surface area contributed by atoms with Gasteiger partial charge in [0.05, 0.1) is 0 Å². The van der Waals surface area contributed by atoms with E-state index in [2.05, 4.69) is 5.16 Å². The third kappa shape index (κ3) is 2.86. The Morgan fingerprint density at radius 2 is 1.95 bits per heavy atom. The molecule has 0 aliphatic heterocycles. The smallest absolute Gasteiger partial charge is 0.240 e. The van der Waals surface area contributed by atoms with Gasteiger partial charge in [0.15, 0.2) is 5.84 Å². The fourth-order valence-electron chi connectivity index (χ4n) is 1.81. The standard InChI is InChI=1S/C14H21N3O2/c1-5-14(3,12(15)16-19)13(18)17(4)11-8-6-10(2)7-9-11/h6-9,19H,5H2,1-4H3,(H2,15,16). The van der Waals surface area contributed by atoms with Crippen molar-refractivity contribution in [2.75, 3.05) is 11.9 Å². The summed E-state index contributed by atoms with van der Waals surface area (Å²) in [6, 6.07) is 7.61. The van der Waals surface area contributed by atoms with E-state index in [9.17, 15) is 4.79 Å². The first-order valence-corrected chi connectivity index (χ1v) is 6.19. The molecule has 0 aliphatic rings. The normalized spacial score (nSPS) is 14.8. The molecule has 0 fully saturated rings. The van der Waals surface area contributed by atoms with Crippen LogP contribution in [0.25, 0.3) is 0 Å². The number of benzene rings is 1. The van der Waals surface area contributed by atoms with E-state index < -0.39 is 5.41 Å². The van der Waals surface area contributed by atoms with Gasteiger partial charge in [0.2, 0.25) is 5.91 Å². The van der Waals surface area contributed by atoms with Crippen LogP contribution in [0.5, 0.6) is 0 Å². The van der Waals surface area contributed by atoms with E-state index in [4.69, 9.17) is 10.9 Å². The van der Waals surface area contributed by atoms with Gasteiger partial charge < -0.3 is 15.8 Å². The Morgan fingerprint density at radius 1 is 1.42 bits per heavy atom. The molecule has 0 radical (unpaired) electrons. The Hall–Kier alpha value is -2.04. The van der Waals surface area contributed by atoms with E-state index in [1.54, 1.807) is 14.0 Å². The Balaban J connectivity index is 3.08. The highest BCUT2D eigenvalue weighted by molar-refractivity contribution is 6.12. The lowest BCUT2D eigenvalue weighted by Crippen LogP contribution is -2.48. The van der Waals surface area contributed by atoms with E-state index in [-0.39, 0.29) is 11.7 Å². The Bertz CT molecular complexity index is 482. The van der Waals surface area contributed by atoms with E-state index in [1.165, 1.54) is 4.90 Å². The van der Waals surface area contributed by atoms with Gasteiger partial charge >= 0.3 is 0 Å². The maximum atomic E-state index is 12.5. The van der Waals surface area contributed by atoms with Crippen molar-refractivity contribution in [2.24, 2.45) is 16.3 Å². The van der Waals surface area contributed by atoms with Crippen LogP contribution in [0, 0.1) is 12.3 Å². The molecule has 5 nitrogen and oxygen atoms in total. The number of hydrogen-bond donors (Lipinski definition) is 2. The molecule has 3 N–H and O–H groups in total. The minimum Gasteiger partial charge on any atom is -0.409 e. The van der Waals surface area contributed by atoms with Gasteiger partial charge in [-0.2, -0.15) is 0 Å². The Morgan fingerprint density at radius 3 is 2.37 bits per heavy atom. The predicted molar refractivity (Wildman–Crippen MR) is 76.4 cm³/mol. The van der Waals surface area contributed by atoms with Crippen molar-refractivity contribution in [1.82, 2.24) is 0 Å². The van der Waals surface area contributed by atoms with Gasteiger partial charge in [0.25, 0.3) is 0 Å². The van der Waals surface area contributed by atoms with Crippen molar-refractivity contribution in [3.8, 4) is 0 Å². The number of nitrogens with two attached hydrogens (primary N) is 1. The Kier molecular flexibility index (Phi) is 4.53. The predicted octanol–water partition coefficient (Wildman–Crippen LogP) is 2.12. The average Bonchev–Trinajstić information content (AvgIpc) is 2.44. The van der Waals surface area contributed by atoms with Crippen LogP contribution >= 0.6 is 0 Å². The van der Waals surface area contributed by atoms with Gasteiger partial charge in [-0.25, -0.2) is 0 Å². The molecule has 1 atom stereocenters. The summed E-state index contributed by atoms with van der Waals surface area (Å²) < 4.78 is 0. The molecule has 0 aliphatic carbocycles. The second-order valence-electron chi connectivity index (χ2n) is 4.87. The summed E-state index contributed by atoms with van der Waals surface area (Å²) in [5.74, 6) is -0.270. The number of rotatable bonds is 4. The fourth-order valence-corrected chi connectivity index (χ4v) is 1.81. The summed E-state index contributed by atoms with van der Waals surface area (Å²) in [6.07, 6.45) is 0.456. The molecule has 1 aromatic carbocycles. The molecule has 5 heteroatoms. The summed E-state index contributed by atoms with van der Waals surface area (Å²) >= 11 is 0. The van der Waals surface area contributed by atoms with Crippen molar-refractivity contribution in [3.05, 3.63) is 29.8 Å². The molecule has 1 rings (SSSR count). The van der Waals surface area contributed by atoms with Crippen molar-refractivity contribution < 1.29 is 10.0 Å². The molecule has 0 saturated carbocycles. The molecular formula is C14H21N3O2. The number of amidine groups is 1. The van der Waals surface area contributed by atoms with Crippen LogP contribution in [0.1, 0.15) is 25.8 Å². The largest absolute Gasteiger partial charge is 0.409 e. The minimum atomic E-state index is -1.01. The average molecular weight is 263 g/mol. The lowest BCUT2D eigenvalue weighted by atomic mass is 9.84. The summed E-state index contributed by atoms with van der Waals surface area (Å²) in [5.41, 5.74) is 6.55. The van der Waals surface area contributed by atoms with Gasteiger partial charge in [-0.1, -0.05) is 29.8 Å². The monoisotopic (exact) mass is 263 g/mol. The highest BCUT2D eigenvalue weighted by atomic mass is 16.4. The number of carbonyl (C=O) groups is 1. The fraction of sp³-hybridized carbons (Fsp3) is 0.429. The molecule has 0 heterocycles. The van der Waals surface area contributed by atoms with E-state index >= 15 is 0 Å². The SMILES string of the molecule is CCC(C)(C(=O)N(C)c1ccc(C)cc1)/C(N)=N/O. The van der Waals surface area contributed by atoms with Gasteiger partial charge in [-0.3, -0.25) is 4.79 Å². The molecule has 0 saturated heterocycles. The van der Waals surface area contributed by atoms with Crippen LogP contribution in [0.2, 0.25) is 0 Å². The van der Waals surface area contributed by atoms with Gasteiger partial charge in [-0.15, -0.1) is 0 Å². The zero-order valence-electron chi connectivity index (χ0n) is 11.8. The molecule has 0 bridgehead atoms. The summed E-state index contributed by atoms with van der Waals surface area (Å²) in [7, 11) is 1.69. The number of carbonyl (C=O) groups excluding carboxylic acids is 1. The van der Waals surface area contributed by atoms with Crippen molar-refractivity contribution in [1.29, 1.82) is 0 Å². The minimum absolute atomic E-state index is 0.0704. The van der Waals surface area contributed by atoms with Crippen LogP contribution in [0.4, 0.5) is 5.69 Å². The highest BCUT2D eigenvalue weighted by Gasteiger charge is 2.38. The molecule has 1 unspecified atom stereocenters.